The van der Waals surface area contributed by atoms with Gasteiger partial charge in [-0.15, -0.1) is 5.30 Å². The van der Waals surface area contributed by atoms with Gasteiger partial charge in [0.15, 0.2) is 0 Å². The fourth-order valence-corrected chi connectivity index (χ4v) is 8.84. The summed E-state index contributed by atoms with van der Waals surface area (Å²) in [7, 11) is 8.81. The van der Waals surface area contributed by atoms with Gasteiger partial charge in [0.25, 0.3) is 0 Å². The Morgan fingerprint density at radius 3 is 1.10 bits per heavy atom. The minimum absolute atomic E-state index is 0. The van der Waals surface area contributed by atoms with E-state index in [4.69, 9.17) is 19.1 Å². The zero-order valence-electron chi connectivity index (χ0n) is 21.5. The maximum Gasteiger partial charge on any atom is 0 e. The zero-order chi connectivity index (χ0) is 27.1. The molecular formula is C34H28Cl2FeP2Pd-6. The molecule has 0 amide bonds. The first kappa shape index (κ1) is 32.7. The van der Waals surface area contributed by atoms with Gasteiger partial charge in [-0.05, 0) is 10.6 Å². The first-order valence-corrected chi connectivity index (χ1v) is 19.1. The van der Waals surface area contributed by atoms with E-state index in [1.807, 2.05) is 0 Å². The van der Waals surface area contributed by atoms with Crippen molar-refractivity contribution in [1.29, 1.82) is 0 Å². The van der Waals surface area contributed by atoms with Crippen molar-refractivity contribution in [3.05, 3.63) is 170 Å². The maximum absolute atomic E-state index is 4.81. The van der Waals surface area contributed by atoms with E-state index in [-0.39, 0.29) is 33.0 Å². The van der Waals surface area contributed by atoms with Gasteiger partial charge >= 0.3 is 35.0 Å². The fraction of sp³-hybridized carbons (Fsp3) is 0. The van der Waals surface area contributed by atoms with Crippen molar-refractivity contribution in [2.24, 2.45) is 0 Å². The van der Waals surface area contributed by atoms with Gasteiger partial charge in [-0.2, -0.15) is 12.1 Å². The van der Waals surface area contributed by atoms with Crippen LogP contribution < -0.4 is 31.8 Å². The van der Waals surface area contributed by atoms with E-state index >= 15 is 0 Å². The molecule has 6 rings (SSSR count). The van der Waals surface area contributed by atoms with Crippen LogP contribution in [0.3, 0.4) is 0 Å². The van der Waals surface area contributed by atoms with E-state index in [0.29, 0.717) is 0 Å². The van der Waals surface area contributed by atoms with Crippen molar-refractivity contribution in [3.63, 3.8) is 0 Å². The molecule has 0 aliphatic rings. The summed E-state index contributed by atoms with van der Waals surface area (Å²) in [6.45, 7) is 0. The molecule has 0 aliphatic heterocycles. The van der Waals surface area contributed by atoms with Crippen molar-refractivity contribution >= 4 is 66.7 Å². The van der Waals surface area contributed by atoms with Crippen LogP contribution in [0.25, 0.3) is 0 Å². The van der Waals surface area contributed by atoms with Crippen LogP contribution in [0.15, 0.2) is 170 Å². The molecule has 0 radical (unpaired) electrons. The summed E-state index contributed by atoms with van der Waals surface area (Å²) in [5.74, 6) is 0. The summed E-state index contributed by atoms with van der Waals surface area (Å²) in [4.78, 5) is 0. The Hall–Kier alpha value is -1.80. The quantitative estimate of drug-likeness (QED) is 0.0937. The molecule has 6 heteroatoms. The summed E-state index contributed by atoms with van der Waals surface area (Å²) in [6, 6.07) is 60.5. The Morgan fingerprint density at radius 1 is 0.475 bits per heavy atom. The van der Waals surface area contributed by atoms with E-state index in [9.17, 15) is 0 Å². The summed E-state index contributed by atoms with van der Waals surface area (Å²) in [5, 5.41) is 8.47. The molecule has 212 valence electrons. The van der Waals surface area contributed by atoms with Gasteiger partial charge in [-0.3, -0.25) is 0 Å². The van der Waals surface area contributed by atoms with Crippen molar-refractivity contribution in [2.75, 3.05) is 0 Å². The normalized spacial score (nSPS) is 10.2. The molecule has 6 aromatic carbocycles. The molecule has 0 nitrogen and oxygen atoms in total. The predicted octanol–water partition coefficient (Wildman–Crippen LogP) is 7.70. The minimum atomic E-state index is -0.409. The Bertz CT molecular complexity index is 1240. The molecule has 0 saturated carbocycles. The second kappa shape index (κ2) is 18.6. The smallest absolute Gasteiger partial charge is 0 e. The van der Waals surface area contributed by atoms with Crippen LogP contribution in [0.5, 0.6) is 0 Å². The van der Waals surface area contributed by atoms with Crippen LogP contribution in [-0.2, 0) is 33.0 Å². The van der Waals surface area contributed by atoms with Crippen LogP contribution >= 0.6 is 34.9 Å². The summed E-state index contributed by atoms with van der Waals surface area (Å²) >= 11 is -0.106. The second-order valence-corrected chi connectivity index (χ2v) is 15.1. The minimum Gasteiger partial charge on any atom is -0.747 e. The molecule has 0 saturated heterocycles. The third-order valence-corrected chi connectivity index (χ3v) is 10.8. The van der Waals surface area contributed by atoms with Crippen LogP contribution in [0.1, 0.15) is 0 Å². The Labute approximate surface area is 267 Å². The van der Waals surface area contributed by atoms with Gasteiger partial charge in [-0.25, -0.2) is 20.1 Å². The van der Waals surface area contributed by atoms with Crippen LogP contribution in [0.2, 0.25) is 0 Å². The Morgan fingerprint density at radius 2 is 0.775 bits per heavy atom. The Kier molecular flexibility index (Phi) is 15.2. The molecule has 0 N–H and O–H groups in total. The molecule has 6 aromatic rings. The number of halogens is 2. The van der Waals surface area contributed by atoms with Crippen molar-refractivity contribution in [1.82, 2.24) is 0 Å². The molecule has 0 fully saturated rings. The molecule has 0 spiro atoms. The average Bonchev–Trinajstić information content (AvgIpc) is 3.72. The van der Waals surface area contributed by atoms with E-state index in [1.165, 1.54) is 31.8 Å². The van der Waals surface area contributed by atoms with Crippen LogP contribution in [0, 0.1) is 0 Å². The molecule has 40 heavy (non-hydrogen) atoms. The molecule has 0 unspecified atom stereocenters. The molecule has 0 bridgehead atoms. The first-order chi connectivity index (χ1) is 19.3. The summed E-state index contributed by atoms with van der Waals surface area (Å²) in [6.07, 6.45) is 0. The summed E-state index contributed by atoms with van der Waals surface area (Å²) < 4.78 is 0. The third kappa shape index (κ3) is 9.64. The molecule has 0 aliphatic carbocycles. The number of rotatable bonds is 6. The standard InChI is InChI=1S/2C17H14P.2ClH.Fe.Pd/c2*1-3-9-15(10-4-1)18(17-13-7-8-14-17)16-11-5-2-6-12-16;;;;/h2*1-14H;2*1H;;/q-5;-1;;;;+2/p-2. The van der Waals surface area contributed by atoms with Crippen molar-refractivity contribution in [2.45, 2.75) is 0 Å². The maximum atomic E-state index is 4.81. The number of hydrogen-bond acceptors (Lipinski definition) is 0. The van der Waals surface area contributed by atoms with Gasteiger partial charge in [-0.1, -0.05) is 140 Å². The van der Waals surface area contributed by atoms with Crippen LogP contribution in [-0.4, -0.2) is 0 Å². The monoisotopic (exact) mass is 730 g/mol. The zero-order valence-corrected chi connectivity index (χ0v) is 27.4. The fourth-order valence-electron chi connectivity index (χ4n) is 4.23. The van der Waals surface area contributed by atoms with Gasteiger partial charge in [0.1, 0.15) is 0 Å². The van der Waals surface area contributed by atoms with Gasteiger partial charge in [0.2, 0.25) is 0 Å². The van der Waals surface area contributed by atoms with Crippen LogP contribution in [0.4, 0.5) is 0 Å². The van der Waals surface area contributed by atoms with Crippen molar-refractivity contribution in [3.8, 4) is 0 Å². The predicted molar refractivity (Wildman–Crippen MR) is 173 cm³/mol. The molecule has 0 heterocycles. The number of hydrogen-bond donors (Lipinski definition) is 0. The second-order valence-electron chi connectivity index (χ2n) is 8.34. The third-order valence-electron chi connectivity index (χ3n) is 5.86. The summed E-state index contributed by atoms with van der Waals surface area (Å²) in [5.41, 5.74) is 0. The van der Waals surface area contributed by atoms with E-state index < -0.39 is 15.8 Å². The van der Waals surface area contributed by atoms with Gasteiger partial charge in [0.05, 0.1) is 0 Å². The Balaban J connectivity index is 0.000000197. The van der Waals surface area contributed by atoms with Gasteiger partial charge in [0, 0.05) is 17.1 Å². The van der Waals surface area contributed by atoms with Crippen molar-refractivity contribution < 1.29 is 33.0 Å². The molecular weight excluding hydrogens is 703 g/mol. The SMILES string of the molecule is [Cl][Pd][Cl].[Fe].c1ccc(P(c2ccccc2)[c-]2[cH-][cH-][cH-][cH-]2)cc1.c1ccc(P(c2ccccc2)[c-]2cccc2)cc1. The largest absolute Gasteiger partial charge is 0.747 e. The van der Waals surface area contributed by atoms with E-state index in [2.05, 4.69) is 170 Å². The average molecular weight is 732 g/mol. The topological polar surface area (TPSA) is 0 Å². The van der Waals surface area contributed by atoms with E-state index in [1.54, 1.807) is 0 Å². The van der Waals surface area contributed by atoms with E-state index in [0.717, 1.165) is 0 Å². The first-order valence-electron chi connectivity index (χ1n) is 12.4. The molecule has 0 aromatic heterocycles. The molecule has 0 atom stereocenters. The number of benzene rings is 4. The van der Waals surface area contributed by atoms with Gasteiger partial charge < -0.3 is 29.6 Å².